The van der Waals surface area contributed by atoms with Gasteiger partial charge in [0.25, 0.3) is 0 Å². The van der Waals surface area contributed by atoms with Crippen LogP contribution >= 0.6 is 11.5 Å². The normalized spacial score (nSPS) is 19.5. The molecule has 13 heavy (non-hydrogen) atoms. The van der Waals surface area contributed by atoms with Gasteiger partial charge < -0.3 is 5.11 Å². The molecule has 70 valence electrons. The first-order valence-electron chi connectivity index (χ1n) is 4.36. The molecular formula is C9H12N2OS. The third kappa shape index (κ3) is 1.78. The standard InChI is InChI=1S/C9H12N2OS/c12-7-9(3-1-2-4-9)5-8-6-13-11-10-8/h1-2,6,12H,3-5,7H2. The molecule has 0 saturated heterocycles. The van der Waals surface area contributed by atoms with E-state index in [2.05, 4.69) is 21.7 Å². The number of nitrogens with zero attached hydrogens (tertiary/aromatic N) is 2. The lowest BCUT2D eigenvalue weighted by atomic mass is 9.82. The molecule has 1 aliphatic carbocycles. The number of hydrogen-bond acceptors (Lipinski definition) is 4. The van der Waals surface area contributed by atoms with Crippen LogP contribution in [0.4, 0.5) is 0 Å². The molecule has 1 aromatic rings. The first-order valence-corrected chi connectivity index (χ1v) is 5.20. The lowest BCUT2D eigenvalue weighted by Crippen LogP contribution is -2.24. The highest BCUT2D eigenvalue weighted by molar-refractivity contribution is 7.03. The van der Waals surface area contributed by atoms with Crippen molar-refractivity contribution in [1.29, 1.82) is 0 Å². The lowest BCUT2D eigenvalue weighted by Gasteiger charge is -2.24. The van der Waals surface area contributed by atoms with Crippen molar-refractivity contribution in [3.05, 3.63) is 23.2 Å². The van der Waals surface area contributed by atoms with E-state index in [9.17, 15) is 5.11 Å². The molecule has 0 fully saturated rings. The second kappa shape index (κ2) is 3.55. The summed E-state index contributed by atoms with van der Waals surface area (Å²) in [5, 5.41) is 15.3. The van der Waals surface area contributed by atoms with Crippen LogP contribution in [0.5, 0.6) is 0 Å². The molecule has 1 N–H and O–H groups in total. The fourth-order valence-electron chi connectivity index (χ4n) is 1.72. The summed E-state index contributed by atoms with van der Waals surface area (Å²) in [5.41, 5.74) is 1.01. The van der Waals surface area contributed by atoms with Crippen LogP contribution in [0, 0.1) is 5.41 Å². The van der Waals surface area contributed by atoms with Crippen LogP contribution in [0.15, 0.2) is 17.5 Å². The van der Waals surface area contributed by atoms with Gasteiger partial charge in [0.1, 0.15) is 0 Å². The van der Waals surface area contributed by atoms with Crippen LogP contribution in [0.2, 0.25) is 0 Å². The van der Waals surface area contributed by atoms with Crippen molar-refractivity contribution in [3.8, 4) is 0 Å². The summed E-state index contributed by atoms with van der Waals surface area (Å²) in [6.07, 6.45) is 7.03. The number of hydrogen-bond donors (Lipinski definition) is 1. The molecule has 0 saturated carbocycles. The summed E-state index contributed by atoms with van der Waals surface area (Å²) in [6, 6.07) is 0. The van der Waals surface area contributed by atoms with Gasteiger partial charge in [-0.1, -0.05) is 16.6 Å². The molecule has 0 unspecified atom stereocenters. The quantitative estimate of drug-likeness (QED) is 0.743. The number of allylic oxidation sites excluding steroid dienone is 2. The fourth-order valence-corrected chi connectivity index (χ4v) is 2.18. The van der Waals surface area contributed by atoms with E-state index in [1.54, 1.807) is 0 Å². The number of aliphatic hydroxyl groups excluding tert-OH is 1. The summed E-state index contributed by atoms with van der Waals surface area (Å²) in [6.45, 7) is 0.234. The highest BCUT2D eigenvalue weighted by Crippen LogP contribution is 2.35. The van der Waals surface area contributed by atoms with E-state index in [0.717, 1.165) is 25.0 Å². The summed E-state index contributed by atoms with van der Waals surface area (Å²) in [4.78, 5) is 0. The van der Waals surface area contributed by atoms with E-state index in [1.807, 2.05) is 5.38 Å². The van der Waals surface area contributed by atoms with E-state index in [0.29, 0.717) is 0 Å². The molecule has 4 heteroatoms. The topological polar surface area (TPSA) is 46.0 Å². The van der Waals surface area contributed by atoms with E-state index in [4.69, 9.17) is 0 Å². The van der Waals surface area contributed by atoms with Crippen molar-refractivity contribution in [2.75, 3.05) is 6.61 Å². The van der Waals surface area contributed by atoms with Crippen LogP contribution in [-0.4, -0.2) is 21.3 Å². The number of rotatable bonds is 3. The van der Waals surface area contributed by atoms with Crippen molar-refractivity contribution < 1.29 is 5.11 Å². The Hall–Kier alpha value is -0.740. The molecule has 1 aromatic heterocycles. The highest BCUT2D eigenvalue weighted by Gasteiger charge is 2.31. The summed E-state index contributed by atoms with van der Waals surface area (Å²) in [5.74, 6) is 0. The van der Waals surface area contributed by atoms with E-state index in [1.165, 1.54) is 11.5 Å². The number of aliphatic hydroxyl groups is 1. The molecule has 0 bridgehead atoms. The Kier molecular flexibility index (Phi) is 2.42. The largest absolute Gasteiger partial charge is 0.396 e. The Balaban J connectivity index is 2.07. The Morgan fingerprint density at radius 3 is 2.77 bits per heavy atom. The zero-order valence-corrected chi connectivity index (χ0v) is 8.13. The second-order valence-electron chi connectivity index (χ2n) is 3.61. The molecule has 0 atom stereocenters. The molecule has 3 nitrogen and oxygen atoms in total. The maximum atomic E-state index is 9.33. The smallest absolute Gasteiger partial charge is 0.0762 e. The van der Waals surface area contributed by atoms with Crippen molar-refractivity contribution in [3.63, 3.8) is 0 Å². The van der Waals surface area contributed by atoms with E-state index >= 15 is 0 Å². The monoisotopic (exact) mass is 196 g/mol. The summed E-state index contributed by atoms with van der Waals surface area (Å²) in [7, 11) is 0. The summed E-state index contributed by atoms with van der Waals surface area (Å²) >= 11 is 1.37. The molecule has 0 aliphatic heterocycles. The molecule has 1 aliphatic rings. The molecule has 0 spiro atoms. The van der Waals surface area contributed by atoms with Gasteiger partial charge in [0.15, 0.2) is 0 Å². The van der Waals surface area contributed by atoms with Crippen molar-refractivity contribution >= 4 is 11.5 Å². The molecule has 2 rings (SSSR count). The molecule has 0 radical (unpaired) electrons. The van der Waals surface area contributed by atoms with E-state index in [-0.39, 0.29) is 12.0 Å². The van der Waals surface area contributed by atoms with Crippen LogP contribution in [0.25, 0.3) is 0 Å². The van der Waals surface area contributed by atoms with Crippen molar-refractivity contribution in [1.82, 2.24) is 9.59 Å². The van der Waals surface area contributed by atoms with Gasteiger partial charge in [-0.2, -0.15) is 0 Å². The highest BCUT2D eigenvalue weighted by atomic mass is 32.1. The van der Waals surface area contributed by atoms with Gasteiger partial charge in [-0.05, 0) is 24.4 Å². The van der Waals surface area contributed by atoms with Gasteiger partial charge in [0, 0.05) is 23.8 Å². The Morgan fingerprint density at radius 2 is 2.23 bits per heavy atom. The first-order chi connectivity index (χ1) is 6.35. The lowest BCUT2D eigenvalue weighted by molar-refractivity contribution is 0.135. The van der Waals surface area contributed by atoms with Crippen LogP contribution in [0.3, 0.4) is 0 Å². The zero-order chi connectivity index (χ0) is 9.15. The van der Waals surface area contributed by atoms with Crippen molar-refractivity contribution in [2.24, 2.45) is 5.41 Å². The van der Waals surface area contributed by atoms with Gasteiger partial charge in [-0.25, -0.2) is 0 Å². The van der Waals surface area contributed by atoms with Gasteiger partial charge in [-0.3, -0.25) is 0 Å². The van der Waals surface area contributed by atoms with Crippen LogP contribution in [0.1, 0.15) is 18.5 Å². The van der Waals surface area contributed by atoms with Crippen LogP contribution < -0.4 is 0 Å². The second-order valence-corrected chi connectivity index (χ2v) is 4.22. The SMILES string of the molecule is OCC1(Cc2csnn2)CC=CC1. The average Bonchev–Trinajstić information content (AvgIpc) is 2.77. The van der Waals surface area contributed by atoms with Crippen molar-refractivity contribution in [2.45, 2.75) is 19.3 Å². The average molecular weight is 196 g/mol. The maximum Gasteiger partial charge on any atom is 0.0762 e. The predicted octanol–water partition coefficient (Wildman–Crippen LogP) is 1.41. The Labute approximate surface area is 81.3 Å². The van der Waals surface area contributed by atoms with Gasteiger partial charge in [0.05, 0.1) is 5.69 Å². The minimum absolute atomic E-state index is 0.00968. The minimum Gasteiger partial charge on any atom is -0.396 e. The maximum absolute atomic E-state index is 9.33. The molecule has 0 aromatic carbocycles. The van der Waals surface area contributed by atoms with Gasteiger partial charge in [-0.15, -0.1) is 5.10 Å². The van der Waals surface area contributed by atoms with Gasteiger partial charge >= 0.3 is 0 Å². The van der Waals surface area contributed by atoms with E-state index < -0.39 is 0 Å². The minimum atomic E-state index is 0.00968. The Morgan fingerprint density at radius 1 is 1.46 bits per heavy atom. The third-order valence-corrected chi connectivity index (χ3v) is 3.12. The zero-order valence-electron chi connectivity index (χ0n) is 7.31. The molecule has 1 heterocycles. The molecule has 0 amide bonds. The number of aromatic nitrogens is 2. The van der Waals surface area contributed by atoms with Gasteiger partial charge in [0.2, 0.25) is 0 Å². The Bertz CT molecular complexity index is 287. The fraction of sp³-hybridized carbons (Fsp3) is 0.556. The molecular weight excluding hydrogens is 184 g/mol. The first kappa shape index (κ1) is 8.84. The van der Waals surface area contributed by atoms with Crippen LogP contribution in [-0.2, 0) is 6.42 Å². The predicted molar refractivity (Wildman–Crippen MR) is 51.5 cm³/mol. The summed E-state index contributed by atoms with van der Waals surface area (Å²) < 4.78 is 3.82. The third-order valence-electron chi connectivity index (χ3n) is 2.57.